The van der Waals surface area contributed by atoms with Gasteiger partial charge in [-0.15, -0.1) is 0 Å². The Hall–Kier alpha value is -1.42. The van der Waals surface area contributed by atoms with E-state index in [0.717, 1.165) is 33.6 Å². The minimum atomic E-state index is -0.899. The zero-order valence-corrected chi connectivity index (χ0v) is 8.68. The van der Waals surface area contributed by atoms with Crippen molar-refractivity contribution in [1.29, 1.82) is 0 Å². The summed E-state index contributed by atoms with van der Waals surface area (Å²) in [5.74, 6) is -0.899. The predicted molar refractivity (Wildman–Crippen MR) is 56.1 cm³/mol. The van der Waals surface area contributed by atoms with Gasteiger partial charge in [-0.05, 0) is 42.6 Å². The lowest BCUT2D eigenvalue weighted by Crippen LogP contribution is -1.93. The molecular weight excluding hydrogens is 198 g/mol. The predicted octanol–water partition coefficient (Wildman–Crippen LogP) is 2.61. The number of carbonyl (C=O) groups is 1. The van der Waals surface area contributed by atoms with Gasteiger partial charge in [-0.3, -0.25) is 0 Å². The molecule has 0 saturated heterocycles. The number of fused-ring (bicyclic) bond motifs is 1. The first-order chi connectivity index (χ1) is 6.59. The van der Waals surface area contributed by atoms with E-state index in [9.17, 15) is 4.79 Å². The quantitative estimate of drug-likeness (QED) is 0.782. The molecule has 1 heterocycles. The van der Waals surface area contributed by atoms with Gasteiger partial charge in [-0.25, -0.2) is 4.79 Å². The van der Waals surface area contributed by atoms with Crippen molar-refractivity contribution in [3.63, 3.8) is 0 Å². The third-order valence-corrected chi connectivity index (χ3v) is 2.96. The monoisotopic (exact) mass is 207 g/mol. The molecule has 0 aliphatic rings. The first-order valence-electron chi connectivity index (χ1n) is 4.19. The van der Waals surface area contributed by atoms with Crippen molar-refractivity contribution in [1.82, 2.24) is 4.37 Å². The van der Waals surface area contributed by atoms with Crippen LogP contribution in [0.2, 0.25) is 0 Å². The number of hydrogen-bond acceptors (Lipinski definition) is 3. The summed E-state index contributed by atoms with van der Waals surface area (Å²) < 4.78 is 4.12. The summed E-state index contributed by atoms with van der Waals surface area (Å²) in [6, 6.07) is 3.88. The number of carboxylic acids is 1. The molecule has 0 bridgehead atoms. The van der Waals surface area contributed by atoms with Crippen molar-refractivity contribution in [2.45, 2.75) is 13.8 Å². The van der Waals surface area contributed by atoms with Gasteiger partial charge in [0.05, 0.1) is 5.52 Å². The Morgan fingerprint density at radius 2 is 2.14 bits per heavy atom. The molecule has 1 aromatic carbocycles. The van der Waals surface area contributed by atoms with Crippen LogP contribution in [0.25, 0.3) is 10.9 Å². The summed E-state index contributed by atoms with van der Waals surface area (Å²) in [6.07, 6.45) is 0. The van der Waals surface area contributed by atoms with Gasteiger partial charge in [0.15, 0.2) is 0 Å². The molecule has 0 amide bonds. The Kier molecular flexibility index (Phi) is 2.00. The molecule has 1 aromatic heterocycles. The van der Waals surface area contributed by atoms with Gasteiger partial charge in [0.2, 0.25) is 0 Å². The minimum absolute atomic E-state index is 0.331. The molecular formula is C10H9NO2S. The van der Waals surface area contributed by atoms with Gasteiger partial charge < -0.3 is 5.11 Å². The number of carboxylic acid groups (broad SMARTS) is 1. The van der Waals surface area contributed by atoms with Gasteiger partial charge in [0.25, 0.3) is 0 Å². The number of aromatic carboxylic acids is 1. The van der Waals surface area contributed by atoms with Gasteiger partial charge in [-0.2, -0.15) is 4.37 Å². The van der Waals surface area contributed by atoms with E-state index in [1.54, 1.807) is 0 Å². The lowest BCUT2D eigenvalue weighted by Gasteiger charge is -1.98. The van der Waals surface area contributed by atoms with E-state index < -0.39 is 5.97 Å². The fraction of sp³-hybridized carbons (Fsp3) is 0.200. The number of aromatic nitrogens is 1. The van der Waals surface area contributed by atoms with Crippen LogP contribution in [0.5, 0.6) is 0 Å². The first-order valence-corrected chi connectivity index (χ1v) is 4.97. The van der Waals surface area contributed by atoms with Crippen molar-refractivity contribution < 1.29 is 9.90 Å². The first kappa shape index (κ1) is 9.15. The van der Waals surface area contributed by atoms with Crippen LogP contribution in [0.15, 0.2) is 12.1 Å². The Labute approximate surface area is 85.2 Å². The molecule has 3 nitrogen and oxygen atoms in total. The molecule has 0 atom stereocenters. The molecule has 14 heavy (non-hydrogen) atoms. The summed E-state index contributed by atoms with van der Waals surface area (Å²) in [7, 11) is 0. The number of benzene rings is 1. The Bertz CT molecular complexity index is 516. The van der Waals surface area contributed by atoms with Crippen LogP contribution < -0.4 is 0 Å². The Morgan fingerprint density at radius 1 is 1.43 bits per heavy atom. The van der Waals surface area contributed by atoms with E-state index in [1.807, 2.05) is 26.0 Å². The molecule has 0 radical (unpaired) electrons. The lowest BCUT2D eigenvalue weighted by molar-refractivity contribution is 0.0704. The summed E-state index contributed by atoms with van der Waals surface area (Å²) in [6.45, 7) is 3.89. The smallest absolute Gasteiger partial charge is 0.348 e. The van der Waals surface area contributed by atoms with Crippen LogP contribution >= 0.6 is 11.5 Å². The molecule has 0 aliphatic carbocycles. The second-order valence-corrected chi connectivity index (χ2v) is 4.07. The molecule has 0 spiro atoms. The van der Waals surface area contributed by atoms with E-state index in [-0.39, 0.29) is 0 Å². The van der Waals surface area contributed by atoms with Crippen molar-refractivity contribution in [2.24, 2.45) is 0 Å². The minimum Gasteiger partial charge on any atom is -0.477 e. The number of aryl methyl sites for hydroxylation is 2. The Morgan fingerprint density at radius 3 is 2.79 bits per heavy atom. The van der Waals surface area contributed by atoms with Crippen LogP contribution in [0.1, 0.15) is 20.8 Å². The van der Waals surface area contributed by atoms with E-state index in [0.29, 0.717) is 4.88 Å². The van der Waals surface area contributed by atoms with Gasteiger partial charge in [-0.1, -0.05) is 6.07 Å². The maximum absolute atomic E-state index is 10.9. The van der Waals surface area contributed by atoms with E-state index in [2.05, 4.69) is 4.37 Å². The molecule has 0 unspecified atom stereocenters. The molecule has 0 saturated carbocycles. The van der Waals surface area contributed by atoms with Crippen molar-refractivity contribution in [3.8, 4) is 0 Å². The third-order valence-electron chi connectivity index (χ3n) is 2.12. The third kappa shape index (κ3) is 1.28. The zero-order valence-electron chi connectivity index (χ0n) is 7.87. The van der Waals surface area contributed by atoms with Crippen molar-refractivity contribution in [3.05, 3.63) is 28.1 Å². The van der Waals surface area contributed by atoms with Crippen LogP contribution in [0.4, 0.5) is 0 Å². The number of rotatable bonds is 1. The second-order valence-electron chi connectivity index (χ2n) is 3.29. The van der Waals surface area contributed by atoms with E-state index in [4.69, 9.17) is 5.11 Å². The number of nitrogens with zero attached hydrogens (tertiary/aromatic N) is 1. The molecule has 72 valence electrons. The Balaban J connectivity index is 2.85. The van der Waals surface area contributed by atoms with Crippen LogP contribution in [-0.4, -0.2) is 15.4 Å². The highest BCUT2D eigenvalue weighted by Gasteiger charge is 2.14. The topological polar surface area (TPSA) is 50.2 Å². The summed E-state index contributed by atoms with van der Waals surface area (Å²) >= 11 is 1.04. The van der Waals surface area contributed by atoms with Crippen molar-refractivity contribution in [2.75, 3.05) is 0 Å². The highest BCUT2D eigenvalue weighted by Crippen LogP contribution is 2.26. The standard InChI is InChI=1S/C10H9NO2S/c1-5-3-6(2)8-7(4-5)11-14-9(8)10(12)13/h3-4H,1-2H3,(H,12,13). The average molecular weight is 207 g/mol. The van der Waals surface area contributed by atoms with E-state index >= 15 is 0 Å². The maximum Gasteiger partial charge on any atom is 0.348 e. The summed E-state index contributed by atoms with van der Waals surface area (Å²) in [5, 5.41) is 9.71. The van der Waals surface area contributed by atoms with Crippen LogP contribution in [-0.2, 0) is 0 Å². The largest absolute Gasteiger partial charge is 0.477 e. The van der Waals surface area contributed by atoms with Gasteiger partial charge in [0.1, 0.15) is 4.88 Å². The van der Waals surface area contributed by atoms with Gasteiger partial charge >= 0.3 is 5.97 Å². The highest BCUT2D eigenvalue weighted by molar-refractivity contribution is 7.09. The molecule has 2 rings (SSSR count). The normalized spacial score (nSPS) is 10.7. The molecule has 0 fully saturated rings. The average Bonchev–Trinajstić information content (AvgIpc) is 2.47. The lowest BCUT2D eigenvalue weighted by atomic mass is 10.1. The van der Waals surface area contributed by atoms with Crippen LogP contribution in [0, 0.1) is 13.8 Å². The second kappa shape index (κ2) is 3.06. The van der Waals surface area contributed by atoms with E-state index in [1.165, 1.54) is 0 Å². The fourth-order valence-corrected chi connectivity index (χ4v) is 2.37. The fourth-order valence-electron chi connectivity index (χ4n) is 1.60. The maximum atomic E-state index is 10.9. The molecule has 4 heteroatoms. The molecule has 1 N–H and O–H groups in total. The van der Waals surface area contributed by atoms with Crippen molar-refractivity contribution >= 4 is 28.4 Å². The highest BCUT2D eigenvalue weighted by atomic mass is 32.1. The SMILES string of the molecule is Cc1cc(C)c2c(C(=O)O)snc2c1. The number of hydrogen-bond donors (Lipinski definition) is 1. The zero-order chi connectivity index (χ0) is 10.3. The van der Waals surface area contributed by atoms with Crippen LogP contribution in [0.3, 0.4) is 0 Å². The summed E-state index contributed by atoms with van der Waals surface area (Å²) in [4.78, 5) is 11.2. The molecule has 0 aliphatic heterocycles. The summed E-state index contributed by atoms with van der Waals surface area (Å²) in [5.41, 5.74) is 2.87. The molecule has 2 aromatic rings. The van der Waals surface area contributed by atoms with Gasteiger partial charge in [0, 0.05) is 5.39 Å².